The van der Waals surface area contributed by atoms with Crippen molar-refractivity contribution in [2.24, 2.45) is 0 Å². The number of aromatic nitrogens is 1. The molecule has 0 bridgehead atoms. The molecule has 29 heavy (non-hydrogen) atoms. The van der Waals surface area contributed by atoms with E-state index in [-0.39, 0.29) is 0 Å². The van der Waals surface area contributed by atoms with Gasteiger partial charge < -0.3 is 15.1 Å². The highest BCUT2D eigenvalue weighted by atomic mass is 32.1. The molecule has 1 aliphatic heterocycles. The molecule has 5 rings (SSSR count). The molecule has 0 aliphatic carbocycles. The molecule has 0 atom stereocenters. The van der Waals surface area contributed by atoms with Crippen LogP contribution in [0.2, 0.25) is 0 Å². The van der Waals surface area contributed by atoms with Crippen LogP contribution in [0.5, 0.6) is 0 Å². The lowest BCUT2D eigenvalue weighted by Crippen LogP contribution is -2.44. The maximum atomic E-state index is 4.80. The first kappa shape index (κ1) is 18.2. The summed E-state index contributed by atoms with van der Waals surface area (Å²) in [4.78, 5) is 9.63. The first-order chi connectivity index (χ1) is 14.2. The fraction of sp³-hybridized carbons (Fsp3) is 0.208. The first-order valence-electron chi connectivity index (χ1n) is 10.00. The molecular formula is C24H24N4S. The smallest absolute Gasteiger partial charge is 0.187 e. The summed E-state index contributed by atoms with van der Waals surface area (Å²) in [6.45, 7) is 4.42. The van der Waals surface area contributed by atoms with Gasteiger partial charge in [0.2, 0.25) is 0 Å². The molecule has 1 N–H and O–H groups in total. The van der Waals surface area contributed by atoms with Crippen molar-refractivity contribution in [3.8, 4) is 11.3 Å². The lowest BCUT2D eigenvalue weighted by molar-refractivity contribution is 0.313. The normalized spacial score (nSPS) is 15.0. The quantitative estimate of drug-likeness (QED) is 0.493. The second-order valence-electron chi connectivity index (χ2n) is 7.56. The van der Waals surface area contributed by atoms with Gasteiger partial charge >= 0.3 is 0 Å². The van der Waals surface area contributed by atoms with Gasteiger partial charge in [-0.25, -0.2) is 4.98 Å². The van der Waals surface area contributed by atoms with Crippen molar-refractivity contribution in [3.63, 3.8) is 0 Å². The molecule has 2 heterocycles. The standard InChI is InChI=1S/C24H24N4S/c1-27-12-14-28(15-13-27)22-10-7-19(8-11-22)23-17-29-24(26-23)25-21-9-6-18-4-2-3-5-20(18)16-21/h2-11,16-17H,12-15H2,1H3,(H,25,26). The van der Waals surface area contributed by atoms with Crippen LogP contribution in [-0.4, -0.2) is 43.1 Å². The second-order valence-corrected chi connectivity index (χ2v) is 8.42. The van der Waals surface area contributed by atoms with Crippen molar-refractivity contribution < 1.29 is 0 Å². The molecule has 1 saturated heterocycles. The molecule has 0 amide bonds. The Labute approximate surface area is 175 Å². The summed E-state index contributed by atoms with van der Waals surface area (Å²) in [7, 11) is 2.19. The van der Waals surface area contributed by atoms with Gasteiger partial charge in [0.05, 0.1) is 5.69 Å². The number of likely N-dealkylation sites (N-methyl/N-ethyl adjacent to an activating group) is 1. The number of fused-ring (bicyclic) bond motifs is 1. The van der Waals surface area contributed by atoms with E-state index in [0.29, 0.717) is 0 Å². The van der Waals surface area contributed by atoms with Crippen LogP contribution in [-0.2, 0) is 0 Å². The fourth-order valence-electron chi connectivity index (χ4n) is 3.76. The molecule has 3 aromatic carbocycles. The second kappa shape index (κ2) is 7.85. The van der Waals surface area contributed by atoms with Crippen molar-refractivity contribution in [3.05, 3.63) is 72.1 Å². The van der Waals surface area contributed by atoms with Crippen molar-refractivity contribution in [1.82, 2.24) is 9.88 Å². The van der Waals surface area contributed by atoms with Crippen molar-refractivity contribution in [2.45, 2.75) is 0 Å². The summed E-state index contributed by atoms with van der Waals surface area (Å²) in [6.07, 6.45) is 0. The molecule has 4 aromatic rings. The maximum Gasteiger partial charge on any atom is 0.187 e. The summed E-state index contributed by atoms with van der Waals surface area (Å²) in [6, 6.07) is 23.6. The Balaban J connectivity index is 1.30. The van der Waals surface area contributed by atoms with Gasteiger partial charge in [-0.05, 0) is 42.1 Å². The predicted octanol–water partition coefficient (Wildman–Crippen LogP) is 5.46. The first-order valence-corrected chi connectivity index (χ1v) is 10.9. The largest absolute Gasteiger partial charge is 0.369 e. The van der Waals surface area contributed by atoms with Gasteiger partial charge in [-0.15, -0.1) is 11.3 Å². The zero-order valence-corrected chi connectivity index (χ0v) is 17.3. The van der Waals surface area contributed by atoms with Gasteiger partial charge in [0.15, 0.2) is 5.13 Å². The summed E-state index contributed by atoms with van der Waals surface area (Å²) in [5.74, 6) is 0. The number of anilines is 3. The van der Waals surface area contributed by atoms with Gasteiger partial charge in [-0.2, -0.15) is 0 Å². The number of thiazole rings is 1. The third-order valence-corrected chi connectivity index (χ3v) is 6.29. The summed E-state index contributed by atoms with van der Waals surface area (Å²) < 4.78 is 0. The van der Waals surface area contributed by atoms with Gasteiger partial charge in [-0.3, -0.25) is 0 Å². The molecule has 4 nitrogen and oxygen atoms in total. The van der Waals surface area contributed by atoms with Crippen molar-refractivity contribution >= 4 is 38.6 Å². The van der Waals surface area contributed by atoms with E-state index in [1.165, 1.54) is 16.5 Å². The van der Waals surface area contributed by atoms with Crippen LogP contribution in [0.4, 0.5) is 16.5 Å². The Kier molecular flexibility index (Phi) is 4.92. The van der Waals surface area contributed by atoms with E-state index in [1.807, 2.05) is 0 Å². The van der Waals surface area contributed by atoms with E-state index < -0.39 is 0 Å². The van der Waals surface area contributed by atoms with Crippen LogP contribution >= 0.6 is 11.3 Å². The lowest BCUT2D eigenvalue weighted by atomic mass is 10.1. The Bertz CT molecular complexity index is 1110. The zero-order chi connectivity index (χ0) is 19.6. The van der Waals surface area contributed by atoms with Crippen molar-refractivity contribution in [2.75, 3.05) is 43.4 Å². The third-order valence-electron chi connectivity index (χ3n) is 5.54. The minimum absolute atomic E-state index is 0.915. The number of piperazine rings is 1. The Morgan fingerprint density at radius 1 is 0.862 bits per heavy atom. The van der Waals surface area contributed by atoms with Crippen LogP contribution in [0.1, 0.15) is 0 Å². The molecule has 0 unspecified atom stereocenters. The molecule has 5 heteroatoms. The summed E-state index contributed by atoms with van der Waals surface area (Å²) in [5, 5.41) is 8.96. The molecule has 1 fully saturated rings. The van der Waals surface area contributed by atoms with E-state index in [4.69, 9.17) is 4.98 Å². The molecule has 0 radical (unpaired) electrons. The van der Waals surface area contributed by atoms with Crippen LogP contribution < -0.4 is 10.2 Å². The number of hydrogen-bond acceptors (Lipinski definition) is 5. The average molecular weight is 401 g/mol. The molecule has 146 valence electrons. The lowest BCUT2D eigenvalue weighted by Gasteiger charge is -2.34. The van der Waals surface area contributed by atoms with Crippen LogP contribution in [0.25, 0.3) is 22.0 Å². The van der Waals surface area contributed by atoms with Gasteiger partial charge in [0.1, 0.15) is 0 Å². The minimum Gasteiger partial charge on any atom is -0.369 e. The molecule has 1 aromatic heterocycles. The number of benzene rings is 3. The number of nitrogens with one attached hydrogen (secondary N) is 1. The highest BCUT2D eigenvalue weighted by Gasteiger charge is 2.14. The van der Waals surface area contributed by atoms with Gasteiger partial charge in [-0.1, -0.05) is 42.5 Å². The monoisotopic (exact) mass is 400 g/mol. The Hall–Kier alpha value is -2.89. The number of rotatable bonds is 4. The Morgan fingerprint density at radius 3 is 2.41 bits per heavy atom. The van der Waals surface area contributed by atoms with E-state index in [2.05, 4.69) is 94.3 Å². The SMILES string of the molecule is CN1CCN(c2ccc(-c3csc(Nc4ccc5ccccc5c4)n3)cc2)CC1. The summed E-state index contributed by atoms with van der Waals surface area (Å²) in [5.41, 5.74) is 4.54. The molecular weight excluding hydrogens is 376 g/mol. The highest BCUT2D eigenvalue weighted by Crippen LogP contribution is 2.29. The van der Waals surface area contributed by atoms with Crippen molar-refractivity contribution in [1.29, 1.82) is 0 Å². The average Bonchev–Trinajstić information content (AvgIpc) is 3.23. The predicted molar refractivity (Wildman–Crippen MR) is 124 cm³/mol. The van der Waals surface area contributed by atoms with E-state index >= 15 is 0 Å². The maximum absolute atomic E-state index is 4.80. The fourth-order valence-corrected chi connectivity index (χ4v) is 4.50. The van der Waals surface area contributed by atoms with Gasteiger partial charge in [0, 0.05) is 48.5 Å². The number of hydrogen-bond donors (Lipinski definition) is 1. The zero-order valence-electron chi connectivity index (χ0n) is 16.5. The molecule has 0 saturated carbocycles. The molecule has 1 aliphatic rings. The van der Waals surface area contributed by atoms with Gasteiger partial charge in [0.25, 0.3) is 0 Å². The molecule has 0 spiro atoms. The van der Waals surface area contributed by atoms with E-state index in [9.17, 15) is 0 Å². The Morgan fingerprint density at radius 2 is 1.62 bits per heavy atom. The topological polar surface area (TPSA) is 31.4 Å². The summed E-state index contributed by atoms with van der Waals surface area (Å²) >= 11 is 1.64. The van der Waals surface area contributed by atoms with Crippen LogP contribution in [0, 0.1) is 0 Å². The minimum atomic E-state index is 0.915. The van der Waals surface area contributed by atoms with Crippen LogP contribution in [0.3, 0.4) is 0 Å². The number of nitrogens with zero attached hydrogens (tertiary/aromatic N) is 3. The van der Waals surface area contributed by atoms with E-state index in [1.54, 1.807) is 11.3 Å². The van der Waals surface area contributed by atoms with Crippen LogP contribution in [0.15, 0.2) is 72.1 Å². The third kappa shape index (κ3) is 3.97. The van der Waals surface area contributed by atoms with E-state index in [0.717, 1.165) is 48.3 Å². The highest BCUT2D eigenvalue weighted by molar-refractivity contribution is 7.14.